The number of rotatable bonds is 2. The molecule has 7 nitrogen and oxygen atoms in total. The van der Waals surface area contributed by atoms with E-state index in [9.17, 15) is 14.0 Å². The zero-order valence-corrected chi connectivity index (χ0v) is 14.9. The van der Waals surface area contributed by atoms with Crippen LogP contribution >= 0.6 is 0 Å². The molecule has 4 rings (SSSR count). The Morgan fingerprint density at radius 3 is 2.54 bits per heavy atom. The summed E-state index contributed by atoms with van der Waals surface area (Å²) < 4.78 is 24.3. The highest BCUT2D eigenvalue weighted by atomic mass is 19.1. The van der Waals surface area contributed by atoms with E-state index in [0.717, 1.165) is 0 Å². The van der Waals surface area contributed by atoms with Crippen molar-refractivity contribution >= 4 is 22.7 Å². The van der Waals surface area contributed by atoms with Crippen LogP contribution in [0.2, 0.25) is 0 Å². The summed E-state index contributed by atoms with van der Waals surface area (Å²) >= 11 is 0. The van der Waals surface area contributed by atoms with E-state index in [4.69, 9.17) is 9.47 Å². The van der Waals surface area contributed by atoms with Crippen molar-refractivity contribution in [3.05, 3.63) is 65.1 Å². The molecule has 0 radical (unpaired) electrons. The molecule has 0 atom stereocenters. The molecule has 8 heteroatoms. The van der Waals surface area contributed by atoms with Crippen LogP contribution in [0.4, 0.5) is 4.39 Å². The smallest absolute Gasteiger partial charge is 0.270 e. The van der Waals surface area contributed by atoms with Gasteiger partial charge in [0.25, 0.3) is 11.8 Å². The van der Waals surface area contributed by atoms with Gasteiger partial charge in [-0.15, -0.1) is 0 Å². The number of aryl methyl sites for hydroxylation is 1. The summed E-state index contributed by atoms with van der Waals surface area (Å²) in [4.78, 5) is 29.2. The lowest BCUT2D eigenvalue weighted by Crippen LogP contribution is -2.41. The highest BCUT2D eigenvalue weighted by Gasteiger charge is 2.17. The number of carbonyl (C=O) groups excluding carboxylic acids is 2. The number of nitrogens with one attached hydrogen (secondary N) is 2. The molecule has 142 valence electrons. The zero-order valence-electron chi connectivity index (χ0n) is 14.9. The van der Waals surface area contributed by atoms with E-state index in [-0.39, 0.29) is 5.56 Å². The standard InChI is InChI=1S/C20H16FN3O4/c1-11-8-15(14-4-3-13(21)10-16(14)22-11)20(26)24-23-19(25)12-2-5-17-18(9-12)28-7-6-27-17/h2-5,8-10H,6-7H2,1H3,(H,23,25)(H,24,26). The number of ether oxygens (including phenoxy) is 2. The molecule has 2 N–H and O–H groups in total. The maximum absolute atomic E-state index is 13.4. The highest BCUT2D eigenvalue weighted by molar-refractivity contribution is 6.07. The van der Waals surface area contributed by atoms with Crippen molar-refractivity contribution in [3.63, 3.8) is 0 Å². The molecule has 1 aliphatic heterocycles. The van der Waals surface area contributed by atoms with Crippen LogP contribution in [0.1, 0.15) is 26.4 Å². The van der Waals surface area contributed by atoms with Crippen LogP contribution in [0.3, 0.4) is 0 Å². The third-order valence-electron chi connectivity index (χ3n) is 4.24. The fourth-order valence-electron chi connectivity index (χ4n) is 2.96. The highest BCUT2D eigenvalue weighted by Crippen LogP contribution is 2.30. The van der Waals surface area contributed by atoms with Crippen molar-refractivity contribution in [2.75, 3.05) is 13.2 Å². The van der Waals surface area contributed by atoms with E-state index < -0.39 is 17.6 Å². The van der Waals surface area contributed by atoms with Crippen LogP contribution < -0.4 is 20.3 Å². The number of hydrogen-bond acceptors (Lipinski definition) is 5. The van der Waals surface area contributed by atoms with E-state index in [1.165, 1.54) is 18.2 Å². The van der Waals surface area contributed by atoms with Gasteiger partial charge in [-0.1, -0.05) is 0 Å². The number of aromatic nitrogens is 1. The Bertz CT molecular complexity index is 1090. The third-order valence-corrected chi connectivity index (χ3v) is 4.24. The molecule has 28 heavy (non-hydrogen) atoms. The van der Waals surface area contributed by atoms with Crippen molar-refractivity contribution in [2.24, 2.45) is 0 Å². The van der Waals surface area contributed by atoms with Gasteiger partial charge in [0.2, 0.25) is 0 Å². The summed E-state index contributed by atoms with van der Waals surface area (Å²) in [5.74, 6) is -0.441. The molecule has 0 unspecified atom stereocenters. The molecule has 0 fully saturated rings. The summed E-state index contributed by atoms with van der Waals surface area (Å²) in [6, 6.07) is 10.3. The van der Waals surface area contributed by atoms with Gasteiger partial charge in [0.05, 0.1) is 11.1 Å². The van der Waals surface area contributed by atoms with E-state index in [1.807, 2.05) is 0 Å². The van der Waals surface area contributed by atoms with E-state index in [0.29, 0.717) is 46.9 Å². The molecule has 0 saturated heterocycles. The monoisotopic (exact) mass is 381 g/mol. The topological polar surface area (TPSA) is 89.6 Å². The number of amides is 2. The van der Waals surface area contributed by atoms with Gasteiger partial charge in [0, 0.05) is 22.7 Å². The number of benzene rings is 2. The Balaban J connectivity index is 1.52. The van der Waals surface area contributed by atoms with Crippen molar-refractivity contribution in [1.82, 2.24) is 15.8 Å². The summed E-state index contributed by atoms with van der Waals surface area (Å²) in [7, 11) is 0. The van der Waals surface area contributed by atoms with Crippen molar-refractivity contribution in [1.29, 1.82) is 0 Å². The first-order chi connectivity index (χ1) is 13.5. The molecule has 0 spiro atoms. The minimum absolute atomic E-state index is 0.282. The van der Waals surface area contributed by atoms with Gasteiger partial charge in [-0.05, 0) is 43.3 Å². The van der Waals surface area contributed by atoms with Gasteiger partial charge < -0.3 is 9.47 Å². The van der Waals surface area contributed by atoms with Crippen molar-refractivity contribution in [3.8, 4) is 11.5 Å². The average molecular weight is 381 g/mol. The van der Waals surface area contributed by atoms with Crippen LogP contribution in [0.5, 0.6) is 11.5 Å². The molecule has 0 saturated carbocycles. The minimum atomic E-state index is -0.534. The first kappa shape index (κ1) is 17.7. The van der Waals surface area contributed by atoms with Crippen LogP contribution in [0, 0.1) is 12.7 Å². The summed E-state index contributed by atoms with van der Waals surface area (Å²) in [6.07, 6.45) is 0. The molecule has 1 aromatic heterocycles. The van der Waals surface area contributed by atoms with Crippen LogP contribution in [0.15, 0.2) is 42.5 Å². The lowest BCUT2D eigenvalue weighted by Gasteiger charge is -2.18. The second-order valence-electron chi connectivity index (χ2n) is 6.24. The molecule has 3 aromatic rings. The summed E-state index contributed by atoms with van der Waals surface area (Å²) in [5.41, 5.74) is 6.26. The van der Waals surface area contributed by atoms with E-state index in [1.54, 1.807) is 31.2 Å². The Morgan fingerprint density at radius 1 is 0.964 bits per heavy atom. The molecule has 1 aliphatic rings. The first-order valence-corrected chi connectivity index (χ1v) is 8.58. The third kappa shape index (κ3) is 3.44. The van der Waals surface area contributed by atoms with Crippen LogP contribution in [-0.4, -0.2) is 30.0 Å². The maximum atomic E-state index is 13.4. The van der Waals surface area contributed by atoms with E-state index >= 15 is 0 Å². The molecule has 0 aliphatic carbocycles. The Labute approximate surface area is 159 Å². The van der Waals surface area contributed by atoms with Crippen molar-refractivity contribution in [2.45, 2.75) is 6.92 Å². The SMILES string of the molecule is Cc1cc(C(=O)NNC(=O)c2ccc3c(c2)OCCO3)c2ccc(F)cc2n1. The van der Waals surface area contributed by atoms with Crippen LogP contribution in [-0.2, 0) is 0 Å². The summed E-state index contributed by atoms with van der Waals surface area (Å²) in [6.45, 7) is 2.57. The second kappa shape index (κ2) is 7.15. The van der Waals surface area contributed by atoms with E-state index in [2.05, 4.69) is 15.8 Å². The minimum Gasteiger partial charge on any atom is -0.486 e. The first-order valence-electron chi connectivity index (χ1n) is 8.58. The Kier molecular flexibility index (Phi) is 4.52. The number of pyridine rings is 1. The van der Waals surface area contributed by atoms with Gasteiger partial charge >= 0.3 is 0 Å². The molecule has 2 aromatic carbocycles. The number of nitrogens with zero attached hydrogens (tertiary/aromatic N) is 1. The van der Waals surface area contributed by atoms with Gasteiger partial charge in [-0.25, -0.2) is 4.39 Å². The predicted molar refractivity (Wildman–Crippen MR) is 98.8 cm³/mol. The van der Waals surface area contributed by atoms with Gasteiger partial charge in [0.15, 0.2) is 11.5 Å². The summed E-state index contributed by atoms with van der Waals surface area (Å²) in [5, 5.41) is 0.484. The lowest BCUT2D eigenvalue weighted by molar-refractivity contribution is 0.0847. The van der Waals surface area contributed by atoms with Crippen LogP contribution in [0.25, 0.3) is 10.9 Å². The number of hydrazine groups is 1. The number of hydrogen-bond donors (Lipinski definition) is 2. The molecule has 2 amide bonds. The largest absolute Gasteiger partial charge is 0.486 e. The Hall–Kier alpha value is -3.68. The van der Waals surface area contributed by atoms with Crippen molar-refractivity contribution < 1.29 is 23.5 Å². The second-order valence-corrected chi connectivity index (χ2v) is 6.24. The van der Waals surface area contributed by atoms with Gasteiger partial charge in [-0.3, -0.25) is 25.4 Å². The van der Waals surface area contributed by atoms with Gasteiger partial charge in [-0.2, -0.15) is 0 Å². The molecule has 2 heterocycles. The number of fused-ring (bicyclic) bond motifs is 2. The maximum Gasteiger partial charge on any atom is 0.270 e. The predicted octanol–water partition coefficient (Wildman–Crippen LogP) is 2.53. The molecular weight excluding hydrogens is 365 g/mol. The molecule has 0 bridgehead atoms. The normalized spacial score (nSPS) is 12.5. The van der Waals surface area contributed by atoms with Gasteiger partial charge in [0.1, 0.15) is 19.0 Å². The number of carbonyl (C=O) groups is 2. The number of halogens is 1. The lowest BCUT2D eigenvalue weighted by atomic mass is 10.1. The average Bonchev–Trinajstić information content (AvgIpc) is 2.70. The zero-order chi connectivity index (χ0) is 19.7. The Morgan fingerprint density at radius 2 is 1.71 bits per heavy atom. The quantitative estimate of drug-likeness (QED) is 0.666. The molecular formula is C20H16FN3O4. The fourth-order valence-corrected chi connectivity index (χ4v) is 2.96. The fraction of sp³-hybridized carbons (Fsp3) is 0.150.